The molecule has 1 aromatic carbocycles. The van der Waals surface area contributed by atoms with Crippen LogP contribution in [0, 0.1) is 25.6 Å². The van der Waals surface area contributed by atoms with Crippen molar-refractivity contribution in [3.8, 4) is 0 Å². The minimum atomic E-state index is -0.768. The summed E-state index contributed by atoms with van der Waals surface area (Å²) in [5.41, 5.74) is 2.29. The Bertz CT molecular complexity index is 976. The molecule has 31 heavy (non-hydrogen) atoms. The Morgan fingerprint density at radius 1 is 1.10 bits per heavy atom. The van der Waals surface area contributed by atoms with Gasteiger partial charge in [0.05, 0.1) is 13.2 Å². The van der Waals surface area contributed by atoms with Gasteiger partial charge in [-0.15, -0.1) is 0 Å². The molecule has 0 radical (unpaired) electrons. The number of hydrogen-bond acceptors (Lipinski definition) is 4. The van der Waals surface area contributed by atoms with Crippen molar-refractivity contribution in [2.45, 2.75) is 54.1 Å². The normalized spacial score (nSPS) is 12.0. The van der Waals surface area contributed by atoms with Crippen molar-refractivity contribution in [1.29, 1.82) is 0 Å². The fourth-order valence-electron chi connectivity index (χ4n) is 3.93. The number of aromatic nitrogens is 1. The average molecular weight is 431 g/mol. The summed E-state index contributed by atoms with van der Waals surface area (Å²) in [5.74, 6) is -1.40. The van der Waals surface area contributed by atoms with Crippen LogP contribution in [0.2, 0.25) is 0 Å². The highest BCUT2D eigenvalue weighted by atomic mass is 19.1. The number of ketones is 1. The molecule has 0 saturated carbocycles. The van der Waals surface area contributed by atoms with Crippen molar-refractivity contribution in [2.75, 3.05) is 13.7 Å². The average Bonchev–Trinajstić information content (AvgIpc) is 2.99. The molecule has 2 rings (SSSR count). The summed E-state index contributed by atoms with van der Waals surface area (Å²) in [4.78, 5) is 40.6. The summed E-state index contributed by atoms with van der Waals surface area (Å²) in [7, 11) is 1.31. The van der Waals surface area contributed by atoms with Crippen molar-refractivity contribution >= 4 is 17.7 Å². The highest BCUT2D eigenvalue weighted by Crippen LogP contribution is 2.26. The standard InChI is InChI=1S/C24H31FN2O4/c1-8-26-16(5)20(15(4)21(26)24(30)31-7)22(28)17(6)27(13-14(2)3)23(29)18-9-11-19(25)12-10-18/h9-12,14,17H,8,13H2,1-7H3. The third-order valence-corrected chi connectivity index (χ3v) is 5.47. The maximum absolute atomic E-state index is 13.6. The van der Waals surface area contributed by atoms with E-state index in [0.29, 0.717) is 41.2 Å². The number of amides is 1. The summed E-state index contributed by atoms with van der Waals surface area (Å²) in [6.07, 6.45) is 0. The van der Waals surface area contributed by atoms with Gasteiger partial charge in [-0.05, 0) is 63.4 Å². The maximum atomic E-state index is 13.6. The molecule has 0 aliphatic carbocycles. The molecular weight excluding hydrogens is 399 g/mol. The van der Waals surface area contributed by atoms with Crippen molar-refractivity contribution in [2.24, 2.45) is 5.92 Å². The molecule has 2 aromatic rings. The topological polar surface area (TPSA) is 68.6 Å². The van der Waals surface area contributed by atoms with Gasteiger partial charge in [0.2, 0.25) is 0 Å². The van der Waals surface area contributed by atoms with Crippen LogP contribution >= 0.6 is 0 Å². The molecule has 6 nitrogen and oxygen atoms in total. The molecule has 0 bridgehead atoms. The van der Waals surface area contributed by atoms with Crippen molar-refractivity contribution in [1.82, 2.24) is 9.47 Å². The number of rotatable bonds is 8. The second kappa shape index (κ2) is 9.90. The number of benzene rings is 1. The lowest BCUT2D eigenvalue weighted by Crippen LogP contribution is -2.45. The predicted molar refractivity (Wildman–Crippen MR) is 117 cm³/mol. The third-order valence-electron chi connectivity index (χ3n) is 5.47. The van der Waals surface area contributed by atoms with Gasteiger partial charge in [0.25, 0.3) is 5.91 Å². The molecule has 0 aliphatic rings. The highest BCUT2D eigenvalue weighted by molar-refractivity contribution is 6.07. The van der Waals surface area contributed by atoms with Crippen LogP contribution in [-0.2, 0) is 11.3 Å². The van der Waals surface area contributed by atoms with Crippen LogP contribution < -0.4 is 0 Å². The molecule has 7 heteroatoms. The van der Waals surface area contributed by atoms with E-state index < -0.39 is 17.8 Å². The number of methoxy groups -OCH3 is 1. The van der Waals surface area contributed by atoms with Gasteiger partial charge >= 0.3 is 5.97 Å². The van der Waals surface area contributed by atoms with Gasteiger partial charge in [0.1, 0.15) is 11.5 Å². The van der Waals surface area contributed by atoms with Crippen LogP contribution in [0.4, 0.5) is 4.39 Å². The molecule has 1 amide bonds. The summed E-state index contributed by atoms with van der Waals surface area (Å²) in [6.45, 7) is 11.9. The van der Waals surface area contributed by atoms with E-state index >= 15 is 0 Å². The number of carbonyl (C=O) groups excluding carboxylic acids is 3. The molecule has 1 unspecified atom stereocenters. The first-order valence-corrected chi connectivity index (χ1v) is 10.4. The van der Waals surface area contributed by atoms with Crippen molar-refractivity contribution in [3.63, 3.8) is 0 Å². The number of nitrogens with zero attached hydrogens (tertiary/aromatic N) is 2. The Balaban J connectivity index is 2.50. The Morgan fingerprint density at radius 3 is 2.16 bits per heavy atom. The Kier molecular flexibility index (Phi) is 7.76. The third kappa shape index (κ3) is 4.86. The number of hydrogen-bond donors (Lipinski definition) is 0. The van der Waals surface area contributed by atoms with E-state index in [1.165, 1.54) is 36.3 Å². The molecule has 1 heterocycles. The maximum Gasteiger partial charge on any atom is 0.354 e. The van der Waals surface area contributed by atoms with Crippen LogP contribution in [0.1, 0.15) is 70.2 Å². The molecule has 0 aliphatic heterocycles. The van der Waals surface area contributed by atoms with Crippen LogP contribution in [0.25, 0.3) is 0 Å². The van der Waals surface area contributed by atoms with E-state index in [4.69, 9.17) is 4.74 Å². The van der Waals surface area contributed by atoms with E-state index in [2.05, 4.69) is 0 Å². The van der Waals surface area contributed by atoms with Crippen LogP contribution in [-0.4, -0.2) is 46.8 Å². The van der Waals surface area contributed by atoms with E-state index in [1.807, 2.05) is 20.8 Å². The molecule has 168 valence electrons. The summed E-state index contributed by atoms with van der Waals surface area (Å²) < 4.78 is 20.0. The lowest BCUT2D eigenvalue weighted by Gasteiger charge is -2.30. The summed E-state index contributed by atoms with van der Waals surface area (Å²) in [5, 5.41) is 0. The first-order valence-electron chi connectivity index (χ1n) is 10.4. The summed E-state index contributed by atoms with van der Waals surface area (Å²) >= 11 is 0. The van der Waals surface area contributed by atoms with Crippen molar-refractivity contribution in [3.05, 3.63) is 58.2 Å². The summed E-state index contributed by atoms with van der Waals surface area (Å²) in [6, 6.07) is 4.52. The van der Waals surface area contributed by atoms with Crippen LogP contribution in [0.15, 0.2) is 24.3 Å². The number of Topliss-reactive ketones (excluding diaryl/α,β-unsaturated/α-hetero) is 1. The van der Waals surface area contributed by atoms with Gasteiger partial charge in [0.15, 0.2) is 5.78 Å². The molecule has 1 atom stereocenters. The molecule has 0 saturated heterocycles. The number of halogens is 1. The van der Waals surface area contributed by atoms with Gasteiger partial charge in [-0.1, -0.05) is 13.8 Å². The first kappa shape index (κ1) is 24.3. The van der Waals surface area contributed by atoms with E-state index in [9.17, 15) is 18.8 Å². The second-order valence-electron chi connectivity index (χ2n) is 8.07. The second-order valence-corrected chi connectivity index (χ2v) is 8.07. The Morgan fingerprint density at radius 2 is 1.68 bits per heavy atom. The van der Waals surface area contributed by atoms with E-state index in [-0.39, 0.29) is 17.6 Å². The van der Waals surface area contributed by atoms with Gasteiger partial charge in [-0.2, -0.15) is 0 Å². The van der Waals surface area contributed by atoms with Gasteiger partial charge < -0.3 is 14.2 Å². The smallest absolute Gasteiger partial charge is 0.354 e. The molecule has 1 aromatic heterocycles. The molecule has 0 spiro atoms. The monoisotopic (exact) mass is 430 g/mol. The minimum absolute atomic E-state index is 0.118. The Hall–Kier alpha value is -2.96. The SMILES string of the molecule is CCn1c(C)c(C(=O)C(C)N(CC(C)C)C(=O)c2ccc(F)cc2)c(C)c1C(=O)OC. The molecule has 0 N–H and O–H groups in total. The van der Waals surface area contributed by atoms with Crippen LogP contribution in [0.3, 0.4) is 0 Å². The zero-order chi connectivity index (χ0) is 23.5. The zero-order valence-electron chi connectivity index (χ0n) is 19.3. The zero-order valence-corrected chi connectivity index (χ0v) is 19.3. The lowest BCUT2D eigenvalue weighted by atomic mass is 9.98. The number of ether oxygens (including phenoxy) is 1. The van der Waals surface area contributed by atoms with Gasteiger partial charge in [-0.25, -0.2) is 9.18 Å². The number of esters is 1. The van der Waals surface area contributed by atoms with Gasteiger partial charge in [-0.3, -0.25) is 9.59 Å². The van der Waals surface area contributed by atoms with E-state index in [1.54, 1.807) is 25.3 Å². The molecule has 0 fully saturated rings. The van der Waals surface area contributed by atoms with Crippen LogP contribution in [0.5, 0.6) is 0 Å². The Labute approximate surface area is 183 Å². The lowest BCUT2D eigenvalue weighted by molar-refractivity contribution is 0.0586. The minimum Gasteiger partial charge on any atom is -0.464 e. The highest BCUT2D eigenvalue weighted by Gasteiger charge is 2.33. The largest absolute Gasteiger partial charge is 0.464 e. The van der Waals surface area contributed by atoms with Gasteiger partial charge in [0, 0.05) is 29.9 Å². The number of carbonyl (C=O) groups is 3. The quantitative estimate of drug-likeness (QED) is 0.459. The van der Waals surface area contributed by atoms with Crippen molar-refractivity contribution < 1.29 is 23.5 Å². The van der Waals surface area contributed by atoms with E-state index in [0.717, 1.165) is 0 Å². The fourth-order valence-corrected chi connectivity index (χ4v) is 3.93. The molecular formula is C24H31FN2O4. The first-order chi connectivity index (χ1) is 14.5. The predicted octanol–water partition coefficient (Wildman–Crippen LogP) is 4.42. The fraction of sp³-hybridized carbons (Fsp3) is 0.458.